The number of rotatable bonds is 26. The van der Waals surface area contributed by atoms with Gasteiger partial charge in [-0.1, -0.05) is 57.1 Å². The van der Waals surface area contributed by atoms with Gasteiger partial charge >= 0.3 is 18.2 Å². The fourth-order valence-corrected chi connectivity index (χ4v) is 10.1. The molecule has 3 heterocycles. The molecule has 2 aromatic rings. The number of aryl methyl sites for hydroxylation is 1. The smallest absolute Gasteiger partial charge is 0.412 e. The number of aliphatic carboxylic acids is 1. The maximum Gasteiger partial charge on any atom is 0.412 e. The van der Waals surface area contributed by atoms with E-state index in [0.29, 0.717) is 50.3 Å². The number of amides is 2. The van der Waals surface area contributed by atoms with Crippen molar-refractivity contribution < 1.29 is 48.0 Å². The lowest BCUT2D eigenvalue weighted by Gasteiger charge is -2.47. The van der Waals surface area contributed by atoms with Gasteiger partial charge in [0, 0.05) is 60.3 Å². The fourth-order valence-electron chi connectivity index (χ4n) is 10.1. The van der Waals surface area contributed by atoms with Crippen LogP contribution in [0.3, 0.4) is 0 Å². The largest absolute Gasteiger partial charge is 0.481 e. The number of nitrogens with one attached hydrogen (secondary N) is 2. The van der Waals surface area contributed by atoms with Crippen LogP contribution in [0.4, 0.5) is 15.3 Å². The molecule has 20 nitrogen and oxygen atoms in total. The van der Waals surface area contributed by atoms with Gasteiger partial charge in [-0.15, -0.1) is 5.10 Å². The number of carbonyl (C=O) groups excluding carboxylic acids is 3. The number of carbonyl (C=O) groups is 4. The van der Waals surface area contributed by atoms with Crippen molar-refractivity contribution >= 4 is 29.6 Å². The molecule has 1 aromatic carbocycles. The second kappa shape index (κ2) is 25.0. The van der Waals surface area contributed by atoms with Crippen molar-refractivity contribution in [2.24, 2.45) is 34.7 Å². The van der Waals surface area contributed by atoms with Gasteiger partial charge in [0.2, 0.25) is 0 Å². The van der Waals surface area contributed by atoms with Gasteiger partial charge in [-0.2, -0.15) is 0 Å². The first-order valence-electron chi connectivity index (χ1n) is 24.8. The van der Waals surface area contributed by atoms with Gasteiger partial charge in [0.1, 0.15) is 22.8 Å². The molecule has 0 radical (unpaired) electrons. The highest BCUT2D eigenvalue weighted by Gasteiger charge is 2.55. The Morgan fingerprint density at radius 2 is 1.80 bits per heavy atom. The van der Waals surface area contributed by atoms with Gasteiger partial charge in [-0.25, -0.2) is 9.59 Å². The standard InChI is InChI=1S/C50H82N10O10/c1-16-31(3)50(12)42(60(47(65)70-50)23-18-17-22-59-29-39(55-57-59)36-20-19-21-37(24-36)54-46(64)69-48(8,9)10)35(7)52-27-30(2)26-49(11,66-15)43(33(5)41(61)34(6)44(62)63)68-45-32(4)40(58(13)14)25-38(67-45)28-53-56-51/h19-21,24,29-35,38,40,42-43,45,52H,16-18,22-23,25-28H2,1-15H3,(H,54,64)(H,62,63)/t30-,31-,32?,33+,34-,35-,38?,40?,42-,43-,45+,49-,50-/m1/s1. The van der Waals surface area contributed by atoms with E-state index in [4.69, 9.17) is 29.2 Å². The number of anilines is 1. The van der Waals surface area contributed by atoms with Gasteiger partial charge in [0.05, 0.1) is 36.6 Å². The van der Waals surface area contributed by atoms with E-state index < -0.39 is 65.0 Å². The van der Waals surface area contributed by atoms with Gasteiger partial charge < -0.3 is 39.0 Å². The summed E-state index contributed by atoms with van der Waals surface area (Å²) in [6, 6.07) is 6.83. The number of hydrogen-bond donors (Lipinski definition) is 3. The van der Waals surface area contributed by atoms with Crippen molar-refractivity contribution in [2.45, 2.75) is 175 Å². The minimum absolute atomic E-state index is 0.00220. The highest BCUT2D eigenvalue weighted by Crippen LogP contribution is 2.41. The van der Waals surface area contributed by atoms with Gasteiger partial charge in [-0.05, 0) is 131 Å². The van der Waals surface area contributed by atoms with Crippen LogP contribution in [-0.4, -0.2) is 148 Å². The van der Waals surface area contributed by atoms with Crippen molar-refractivity contribution in [3.8, 4) is 11.3 Å². The van der Waals surface area contributed by atoms with Crippen molar-refractivity contribution in [3.05, 3.63) is 40.9 Å². The molecule has 0 aliphatic carbocycles. The molecule has 4 rings (SSSR count). The summed E-state index contributed by atoms with van der Waals surface area (Å²) in [6.45, 7) is 24.4. The number of hydrogen-bond acceptors (Lipinski definition) is 14. The SMILES string of the molecule is CC[C@@H](C)[C@@]1(C)OC(=O)N(CCCCn2cc(-c3cccc(NC(=O)OC(C)(C)C)c3)nn2)[C@@H]1[C@@H](C)NC[C@H](C)C[C@@](C)(OC)[C@H](O[C@@H]1OC(CN=[N+]=[N-])CC(N(C)C)C1C)[C@@H](C)C(=O)[C@@H](C)C(=O)O. The maximum absolute atomic E-state index is 13.8. The molecule has 2 aliphatic heterocycles. The highest BCUT2D eigenvalue weighted by atomic mass is 16.7. The summed E-state index contributed by atoms with van der Waals surface area (Å²) in [4.78, 5) is 58.9. The van der Waals surface area contributed by atoms with E-state index in [1.165, 1.54) is 6.92 Å². The van der Waals surface area contributed by atoms with Crippen LogP contribution in [0.5, 0.6) is 0 Å². The summed E-state index contributed by atoms with van der Waals surface area (Å²) in [5, 5.41) is 28.9. The van der Waals surface area contributed by atoms with Crippen LogP contribution >= 0.6 is 0 Å². The molecule has 70 heavy (non-hydrogen) atoms. The Morgan fingerprint density at radius 3 is 2.41 bits per heavy atom. The van der Waals surface area contributed by atoms with E-state index in [2.05, 4.69) is 63.6 Å². The Bertz CT molecular complexity index is 2110. The number of carboxylic acids is 1. The number of carboxylic acid groups (broad SMARTS) is 1. The predicted molar refractivity (Wildman–Crippen MR) is 266 cm³/mol. The van der Waals surface area contributed by atoms with E-state index in [1.54, 1.807) is 45.6 Å². The van der Waals surface area contributed by atoms with Gasteiger partial charge in [0.25, 0.3) is 0 Å². The molecule has 0 saturated carbocycles. The second-order valence-electron chi connectivity index (χ2n) is 21.3. The topological polar surface area (TPSA) is 245 Å². The third-order valence-electron chi connectivity index (χ3n) is 14.4. The lowest BCUT2D eigenvalue weighted by atomic mass is 9.78. The van der Waals surface area contributed by atoms with Crippen LogP contribution in [0.1, 0.15) is 115 Å². The predicted octanol–water partition coefficient (Wildman–Crippen LogP) is 8.41. The number of cyclic esters (lactones) is 1. The number of aromatic nitrogens is 3. The zero-order valence-corrected chi connectivity index (χ0v) is 44.3. The summed E-state index contributed by atoms with van der Waals surface area (Å²) in [5.74, 6) is -4.06. The Hall–Kier alpha value is -4.85. The second-order valence-corrected chi connectivity index (χ2v) is 21.3. The zero-order chi connectivity index (χ0) is 52.3. The minimum atomic E-state index is -1.28. The molecule has 0 spiro atoms. The normalized spacial score (nSPS) is 25.2. The van der Waals surface area contributed by atoms with Crippen LogP contribution in [0.2, 0.25) is 0 Å². The number of nitrogens with zero attached hydrogens (tertiary/aromatic N) is 8. The number of Topliss-reactive ketones (excluding diaryl/α,β-unsaturated/α-hetero) is 1. The number of methoxy groups -OCH3 is 1. The molecule has 2 aliphatic rings. The third kappa shape index (κ3) is 14.9. The highest BCUT2D eigenvalue weighted by molar-refractivity contribution is 5.99. The first kappa shape index (κ1) is 57.7. The monoisotopic (exact) mass is 983 g/mol. The van der Waals surface area contributed by atoms with Crippen LogP contribution in [-0.2, 0) is 39.8 Å². The van der Waals surface area contributed by atoms with Crippen molar-refractivity contribution in [3.63, 3.8) is 0 Å². The Labute approximate surface area is 414 Å². The Balaban J connectivity index is 1.47. The summed E-state index contributed by atoms with van der Waals surface area (Å²) in [5.41, 5.74) is 8.60. The zero-order valence-electron chi connectivity index (χ0n) is 44.3. The first-order chi connectivity index (χ1) is 32.8. The number of unbranched alkanes of at least 4 members (excludes halogenated alkanes) is 1. The van der Waals surface area contributed by atoms with Crippen molar-refractivity contribution in [1.82, 2.24) is 30.1 Å². The van der Waals surface area contributed by atoms with Crippen LogP contribution in [0, 0.1) is 29.6 Å². The summed E-state index contributed by atoms with van der Waals surface area (Å²) >= 11 is 0. The molecular weight excluding hydrogens is 901 g/mol. The summed E-state index contributed by atoms with van der Waals surface area (Å²) < 4.78 is 33.0. The average molecular weight is 983 g/mol. The van der Waals surface area contributed by atoms with Gasteiger partial charge in [0.15, 0.2) is 12.1 Å². The maximum atomic E-state index is 13.8. The minimum Gasteiger partial charge on any atom is -0.481 e. The number of benzene rings is 1. The van der Waals surface area contributed by atoms with E-state index >= 15 is 0 Å². The molecule has 2 amide bonds. The van der Waals surface area contributed by atoms with Crippen molar-refractivity contribution in [2.75, 3.05) is 46.2 Å². The first-order valence-corrected chi connectivity index (χ1v) is 24.8. The Kier molecular flexibility index (Phi) is 20.6. The molecule has 1 aromatic heterocycles. The molecular formula is C50H82N10O10. The van der Waals surface area contributed by atoms with Crippen molar-refractivity contribution in [1.29, 1.82) is 0 Å². The number of ketones is 1. The quantitative estimate of drug-likeness (QED) is 0.0263. The molecule has 3 N–H and O–H groups in total. The third-order valence-corrected chi connectivity index (χ3v) is 14.4. The average Bonchev–Trinajstić information content (AvgIpc) is 3.88. The van der Waals surface area contributed by atoms with Crippen LogP contribution in [0.15, 0.2) is 35.6 Å². The Morgan fingerprint density at radius 1 is 1.11 bits per heavy atom. The van der Waals surface area contributed by atoms with Gasteiger partial charge in [-0.3, -0.25) is 24.5 Å². The van der Waals surface area contributed by atoms with E-state index in [9.17, 15) is 24.3 Å². The van der Waals surface area contributed by atoms with Crippen LogP contribution in [0.25, 0.3) is 21.7 Å². The molecule has 392 valence electrons. The van der Waals surface area contributed by atoms with E-state index in [1.807, 2.05) is 64.2 Å². The lowest BCUT2D eigenvalue weighted by molar-refractivity contribution is -0.281. The lowest BCUT2D eigenvalue weighted by Crippen LogP contribution is -2.58. The summed E-state index contributed by atoms with van der Waals surface area (Å²) in [7, 11) is 5.50. The molecule has 0 bridgehead atoms. The molecule has 2 fully saturated rings. The fraction of sp³-hybridized carbons (Fsp3) is 0.760. The molecule has 3 unspecified atom stereocenters. The molecule has 2 saturated heterocycles. The molecule has 20 heteroatoms. The van der Waals surface area contributed by atoms with E-state index in [0.717, 1.165) is 18.4 Å². The van der Waals surface area contributed by atoms with Crippen LogP contribution < -0.4 is 10.6 Å². The van der Waals surface area contributed by atoms with E-state index in [-0.39, 0.29) is 48.5 Å². The number of ether oxygens (including phenoxy) is 5. The molecule has 13 atom stereocenters. The summed E-state index contributed by atoms with van der Waals surface area (Å²) in [6.07, 6.45) is 2.02. The number of azide groups is 1.